The minimum absolute atomic E-state index is 0.344. The predicted molar refractivity (Wildman–Crippen MR) is 208 cm³/mol. The van der Waals surface area contributed by atoms with E-state index < -0.39 is 35.0 Å². The molecule has 1 aliphatic heterocycles. The molecule has 4 aromatic carbocycles. The number of benzene rings is 4. The Bertz CT molecular complexity index is 1650. The van der Waals surface area contributed by atoms with Gasteiger partial charge in [0.15, 0.2) is 0 Å². The van der Waals surface area contributed by atoms with E-state index in [4.69, 9.17) is 34.8 Å². The van der Waals surface area contributed by atoms with Crippen LogP contribution in [0.1, 0.15) is 83.2 Å². The minimum atomic E-state index is -1.74. The summed E-state index contributed by atoms with van der Waals surface area (Å²) in [7, 11) is -1.74. The van der Waals surface area contributed by atoms with Gasteiger partial charge in [-0.15, -0.1) is 0 Å². The second-order valence-electron chi connectivity index (χ2n) is 10.6. The Morgan fingerprint density at radius 3 is 1.92 bits per heavy atom. The van der Waals surface area contributed by atoms with Crippen molar-refractivity contribution in [1.29, 1.82) is 0 Å². The summed E-state index contributed by atoms with van der Waals surface area (Å²) < 4.78 is 16.3. The number of aldehydes is 1. The Kier molecular flexibility index (Phi) is 19.2. The molecule has 0 bridgehead atoms. The van der Waals surface area contributed by atoms with E-state index in [0.717, 1.165) is 17.4 Å². The van der Waals surface area contributed by atoms with Gasteiger partial charge in [0.05, 0.1) is 23.0 Å². The van der Waals surface area contributed by atoms with Gasteiger partial charge >= 0.3 is 0 Å². The maximum atomic E-state index is 14.4. The van der Waals surface area contributed by atoms with Gasteiger partial charge in [0.2, 0.25) is 5.91 Å². The van der Waals surface area contributed by atoms with Crippen LogP contribution in [0.3, 0.4) is 0 Å². The molecule has 0 radical (unpaired) electrons. The number of nitrogens with one attached hydrogen (secondary N) is 1. The molecule has 262 valence electrons. The van der Waals surface area contributed by atoms with E-state index in [2.05, 4.69) is 19.2 Å². The van der Waals surface area contributed by atoms with E-state index in [9.17, 15) is 13.8 Å². The molecule has 0 saturated carbocycles. The Labute approximate surface area is 310 Å². The highest BCUT2D eigenvalue weighted by Gasteiger charge is 2.41. The molecule has 1 heterocycles. The predicted octanol–water partition coefficient (Wildman–Crippen LogP) is 11.2. The minimum Gasteiger partial charge on any atom is -0.342 e. The molecular weight excluding hydrogens is 695 g/mol. The molecule has 5 nitrogen and oxygen atoms in total. The maximum Gasteiger partial charge on any atom is 0.249 e. The molecule has 1 N–H and O–H groups in total. The van der Waals surface area contributed by atoms with Gasteiger partial charge in [0, 0.05) is 20.6 Å². The fraction of sp³-hybridized carbons (Fsp3) is 0.300. The van der Waals surface area contributed by atoms with Crippen LogP contribution in [-0.2, 0) is 27.0 Å². The van der Waals surface area contributed by atoms with Gasteiger partial charge < -0.3 is 10.1 Å². The lowest BCUT2D eigenvalue weighted by Crippen LogP contribution is -2.45. The maximum absolute atomic E-state index is 14.4. The molecule has 1 amide bonds. The fourth-order valence-corrected chi connectivity index (χ4v) is 7.13. The van der Waals surface area contributed by atoms with Crippen LogP contribution in [0.4, 0.5) is 0 Å². The molecule has 4 unspecified atom stereocenters. The Morgan fingerprint density at radius 1 is 0.816 bits per heavy atom. The van der Waals surface area contributed by atoms with Gasteiger partial charge in [0.25, 0.3) is 0 Å². The first-order chi connectivity index (χ1) is 23.7. The van der Waals surface area contributed by atoms with Crippen molar-refractivity contribution in [3.05, 3.63) is 147 Å². The molecule has 0 aromatic heterocycles. The molecular formula is C40H47Cl3N2O3S. The average molecular weight is 742 g/mol. The topological polar surface area (TPSA) is 66.5 Å². The third kappa shape index (κ3) is 12.2. The van der Waals surface area contributed by atoms with Crippen molar-refractivity contribution in [3.8, 4) is 0 Å². The number of carbonyl (C=O) groups excluding carboxylic acids is 2. The fourth-order valence-electron chi connectivity index (χ4n) is 5.12. The normalized spacial score (nSPS) is 16.5. The van der Waals surface area contributed by atoms with Crippen molar-refractivity contribution in [1.82, 2.24) is 9.62 Å². The Balaban J connectivity index is 0.00000111. The third-order valence-corrected chi connectivity index (χ3v) is 9.31. The summed E-state index contributed by atoms with van der Waals surface area (Å²) in [5.41, 5.74) is 2.83. The van der Waals surface area contributed by atoms with E-state index in [-0.39, 0.29) is 0 Å². The molecule has 1 aliphatic rings. The van der Waals surface area contributed by atoms with Crippen molar-refractivity contribution in [2.45, 2.75) is 83.8 Å². The molecule has 4 aromatic rings. The second kappa shape index (κ2) is 22.5. The smallest absolute Gasteiger partial charge is 0.249 e. The van der Waals surface area contributed by atoms with Crippen LogP contribution in [0.5, 0.6) is 0 Å². The number of hydrogen-bond donors (Lipinski definition) is 1. The van der Waals surface area contributed by atoms with E-state index in [1.54, 1.807) is 48.5 Å². The van der Waals surface area contributed by atoms with E-state index >= 15 is 0 Å². The van der Waals surface area contributed by atoms with Gasteiger partial charge in [-0.2, -0.15) is 0 Å². The number of amides is 1. The van der Waals surface area contributed by atoms with Crippen LogP contribution in [0.2, 0.25) is 15.1 Å². The first-order valence-electron chi connectivity index (χ1n) is 16.7. The van der Waals surface area contributed by atoms with Crippen LogP contribution >= 0.6 is 34.8 Å². The van der Waals surface area contributed by atoms with Crippen LogP contribution in [0.15, 0.2) is 120 Å². The summed E-state index contributed by atoms with van der Waals surface area (Å²) in [6.45, 7) is 12.2. The Hall–Kier alpha value is -3.26. The molecule has 0 spiro atoms. The molecule has 0 aliphatic carbocycles. The van der Waals surface area contributed by atoms with Gasteiger partial charge in [0.1, 0.15) is 17.3 Å². The van der Waals surface area contributed by atoms with Crippen LogP contribution in [-0.4, -0.2) is 26.7 Å². The van der Waals surface area contributed by atoms with Crippen molar-refractivity contribution < 1.29 is 13.8 Å². The van der Waals surface area contributed by atoms with Gasteiger partial charge in [-0.3, -0.25) is 4.79 Å². The molecule has 5 rings (SSSR count). The Morgan fingerprint density at radius 2 is 1.37 bits per heavy atom. The SMILES string of the molecule is CC.CC.CCC.O=CC(Cc1ccccc1)NC(=O)C1=CCC(c2cccc(Cl)c2)N(S(=O)c2ccc(Cl)cc2)C1c1cccc(Cl)c1. The molecule has 0 saturated heterocycles. The summed E-state index contributed by atoms with van der Waals surface area (Å²) in [4.78, 5) is 26.5. The van der Waals surface area contributed by atoms with E-state index in [1.165, 1.54) is 6.42 Å². The lowest BCUT2D eigenvalue weighted by molar-refractivity contribution is -0.121. The lowest BCUT2D eigenvalue weighted by atomic mass is 9.88. The monoisotopic (exact) mass is 740 g/mol. The number of halogens is 3. The van der Waals surface area contributed by atoms with Crippen LogP contribution in [0.25, 0.3) is 0 Å². The van der Waals surface area contributed by atoms with Crippen molar-refractivity contribution in [3.63, 3.8) is 0 Å². The summed E-state index contributed by atoms with van der Waals surface area (Å²) in [6, 6.07) is 28.9. The molecule has 9 heteroatoms. The first kappa shape index (κ1) is 41.9. The second-order valence-corrected chi connectivity index (χ2v) is 13.3. The third-order valence-electron chi connectivity index (χ3n) is 7.06. The summed E-state index contributed by atoms with van der Waals surface area (Å²) in [5, 5.41) is 4.44. The number of rotatable bonds is 9. The van der Waals surface area contributed by atoms with Crippen molar-refractivity contribution in [2.75, 3.05) is 0 Å². The standard InChI is InChI=1S/C33H27Cl3N2O3S.C3H8.2C2H6/c34-25-12-14-29(15-13-25)42(41)38-31(23-8-4-10-26(35)19-23)17-16-30(32(38)24-9-5-11-27(36)20-24)33(40)37-28(21-39)18-22-6-2-1-3-7-22;1-3-2;2*1-2/h1-16,19-21,28,31-32H,17-18H2,(H,37,40);3H2,1-2H3;2*1-2H3. The highest BCUT2D eigenvalue weighted by molar-refractivity contribution is 7.82. The van der Waals surface area contributed by atoms with Gasteiger partial charge in [-0.25, -0.2) is 8.51 Å². The largest absolute Gasteiger partial charge is 0.342 e. The zero-order valence-electron chi connectivity index (χ0n) is 29.0. The van der Waals surface area contributed by atoms with Gasteiger partial charge in [-0.05, 0) is 78.1 Å². The van der Waals surface area contributed by atoms with E-state index in [0.29, 0.717) is 43.9 Å². The highest BCUT2D eigenvalue weighted by Crippen LogP contribution is 2.45. The van der Waals surface area contributed by atoms with Crippen molar-refractivity contribution >= 4 is 58.0 Å². The number of hydrogen-bond acceptors (Lipinski definition) is 3. The zero-order chi connectivity index (χ0) is 36.3. The van der Waals surface area contributed by atoms with Gasteiger partial charge in [-0.1, -0.05) is 143 Å². The lowest BCUT2D eigenvalue weighted by Gasteiger charge is -2.41. The highest BCUT2D eigenvalue weighted by atomic mass is 35.5. The first-order valence-corrected chi connectivity index (χ1v) is 19.0. The van der Waals surface area contributed by atoms with Crippen LogP contribution in [0, 0.1) is 0 Å². The van der Waals surface area contributed by atoms with E-state index in [1.807, 2.05) is 92.7 Å². The zero-order valence-corrected chi connectivity index (χ0v) is 32.1. The molecule has 49 heavy (non-hydrogen) atoms. The van der Waals surface area contributed by atoms with Crippen LogP contribution < -0.4 is 5.32 Å². The molecule has 0 fully saturated rings. The molecule has 4 atom stereocenters. The van der Waals surface area contributed by atoms with Crippen molar-refractivity contribution in [2.24, 2.45) is 0 Å². The number of nitrogens with zero attached hydrogens (tertiary/aromatic N) is 1. The summed E-state index contributed by atoms with van der Waals surface area (Å²) in [5.74, 6) is -0.421. The average Bonchev–Trinajstić information content (AvgIpc) is 3.13. The number of carbonyl (C=O) groups is 2. The summed E-state index contributed by atoms with van der Waals surface area (Å²) in [6.07, 6.45) is 4.56. The quantitative estimate of drug-likeness (QED) is 0.174. The summed E-state index contributed by atoms with van der Waals surface area (Å²) >= 11 is 18.9.